The third kappa shape index (κ3) is 4.41. The third-order valence-electron chi connectivity index (χ3n) is 1.49. The Hall–Kier alpha value is -0.840. The van der Waals surface area contributed by atoms with Gasteiger partial charge in [-0.2, -0.15) is 13.2 Å². The van der Waals surface area contributed by atoms with E-state index in [-0.39, 0.29) is 6.61 Å². The van der Waals surface area contributed by atoms with Gasteiger partial charge < -0.3 is 4.74 Å². The first kappa shape index (κ1) is 11.2. The molecule has 0 saturated heterocycles. The summed E-state index contributed by atoms with van der Waals surface area (Å²) >= 11 is 4.03. The number of hydrogen-bond donors (Lipinski definition) is 1. The predicted octanol–water partition coefficient (Wildman–Crippen LogP) is 3.31. The zero-order valence-corrected chi connectivity index (χ0v) is 8.11. The molecule has 0 spiro atoms. The maximum absolute atomic E-state index is 11.7. The van der Waals surface area contributed by atoms with Gasteiger partial charge in [0.15, 0.2) is 0 Å². The van der Waals surface area contributed by atoms with Gasteiger partial charge in [0.25, 0.3) is 0 Å². The Morgan fingerprint density at radius 2 is 1.71 bits per heavy atom. The van der Waals surface area contributed by atoms with Crippen LogP contribution in [0.25, 0.3) is 0 Å². The molecule has 14 heavy (non-hydrogen) atoms. The molecule has 0 fully saturated rings. The van der Waals surface area contributed by atoms with Crippen molar-refractivity contribution in [3.63, 3.8) is 0 Å². The van der Waals surface area contributed by atoms with Crippen LogP contribution in [0.1, 0.15) is 6.42 Å². The van der Waals surface area contributed by atoms with Crippen molar-refractivity contribution in [1.29, 1.82) is 0 Å². The van der Waals surface area contributed by atoms with E-state index in [0.29, 0.717) is 5.75 Å². The van der Waals surface area contributed by atoms with Crippen LogP contribution in [-0.2, 0) is 0 Å². The number of thiol groups is 1. The van der Waals surface area contributed by atoms with Crippen LogP contribution in [0, 0.1) is 0 Å². The number of alkyl halides is 3. The highest BCUT2D eigenvalue weighted by atomic mass is 32.1. The van der Waals surface area contributed by atoms with Gasteiger partial charge in [0.05, 0.1) is 13.0 Å². The second kappa shape index (κ2) is 4.59. The summed E-state index contributed by atoms with van der Waals surface area (Å²) in [5.41, 5.74) is 0. The Labute approximate surface area is 85.3 Å². The first-order valence-electron chi connectivity index (χ1n) is 3.96. The predicted molar refractivity (Wildman–Crippen MR) is 49.9 cm³/mol. The summed E-state index contributed by atoms with van der Waals surface area (Å²) in [7, 11) is 0. The molecule has 0 atom stereocenters. The average molecular weight is 222 g/mol. The molecule has 0 aromatic heterocycles. The van der Waals surface area contributed by atoms with E-state index >= 15 is 0 Å². The molecule has 0 amide bonds. The van der Waals surface area contributed by atoms with Crippen LogP contribution < -0.4 is 4.74 Å². The van der Waals surface area contributed by atoms with Gasteiger partial charge in [0, 0.05) is 4.90 Å². The van der Waals surface area contributed by atoms with E-state index < -0.39 is 12.6 Å². The SMILES string of the molecule is FC(F)(F)CCOc1ccc(S)cc1. The molecule has 0 unspecified atom stereocenters. The number of halogens is 3. The maximum Gasteiger partial charge on any atom is 0.392 e. The van der Waals surface area contributed by atoms with E-state index in [1.807, 2.05) is 0 Å². The number of rotatable bonds is 3. The quantitative estimate of drug-likeness (QED) is 0.772. The molecule has 0 saturated carbocycles. The standard InChI is InChI=1S/C9H9F3OS/c10-9(11,12)5-6-13-7-1-3-8(14)4-2-7/h1-4,14H,5-6H2. The van der Waals surface area contributed by atoms with Crippen LogP contribution in [0.15, 0.2) is 29.2 Å². The zero-order valence-electron chi connectivity index (χ0n) is 7.21. The van der Waals surface area contributed by atoms with Crippen molar-refractivity contribution in [2.24, 2.45) is 0 Å². The molecule has 1 aromatic carbocycles. The second-order valence-electron chi connectivity index (χ2n) is 2.71. The highest BCUT2D eigenvalue weighted by Crippen LogP contribution is 2.20. The second-order valence-corrected chi connectivity index (χ2v) is 3.22. The summed E-state index contributed by atoms with van der Waals surface area (Å²) in [5, 5.41) is 0. The Morgan fingerprint density at radius 1 is 1.14 bits per heavy atom. The minimum atomic E-state index is -4.16. The molecule has 1 nitrogen and oxygen atoms in total. The summed E-state index contributed by atoms with van der Waals surface area (Å²) in [6.45, 7) is -0.352. The Kier molecular flexibility index (Phi) is 3.69. The molecule has 0 aliphatic heterocycles. The van der Waals surface area contributed by atoms with Crippen molar-refractivity contribution in [3.8, 4) is 5.75 Å². The van der Waals surface area contributed by atoms with E-state index in [2.05, 4.69) is 12.6 Å². The van der Waals surface area contributed by atoms with Gasteiger partial charge in [-0.3, -0.25) is 0 Å². The molecule has 0 aliphatic rings. The fourth-order valence-electron chi connectivity index (χ4n) is 0.827. The monoisotopic (exact) mass is 222 g/mol. The van der Waals surface area contributed by atoms with E-state index in [9.17, 15) is 13.2 Å². The first-order chi connectivity index (χ1) is 6.47. The van der Waals surface area contributed by atoms with Crippen LogP contribution in [0.5, 0.6) is 5.75 Å². The van der Waals surface area contributed by atoms with E-state index in [1.165, 1.54) is 0 Å². The molecule has 0 aliphatic carbocycles. The van der Waals surface area contributed by atoms with Gasteiger partial charge in [0.2, 0.25) is 0 Å². The Bertz CT molecular complexity index is 281. The Morgan fingerprint density at radius 3 is 2.21 bits per heavy atom. The molecular weight excluding hydrogens is 213 g/mol. The fraction of sp³-hybridized carbons (Fsp3) is 0.333. The molecule has 0 bridgehead atoms. The normalized spacial score (nSPS) is 11.4. The van der Waals surface area contributed by atoms with E-state index in [1.54, 1.807) is 24.3 Å². The van der Waals surface area contributed by atoms with Crippen LogP contribution in [-0.4, -0.2) is 12.8 Å². The fourth-order valence-corrected chi connectivity index (χ4v) is 0.976. The molecule has 5 heteroatoms. The van der Waals surface area contributed by atoms with E-state index in [0.717, 1.165) is 4.90 Å². The molecular formula is C9H9F3OS. The summed E-state index contributed by atoms with van der Waals surface area (Å²) in [5.74, 6) is 0.423. The summed E-state index contributed by atoms with van der Waals surface area (Å²) < 4.78 is 40.1. The first-order valence-corrected chi connectivity index (χ1v) is 4.41. The van der Waals surface area contributed by atoms with Crippen molar-refractivity contribution in [2.75, 3.05) is 6.61 Å². The molecule has 0 N–H and O–H groups in total. The average Bonchev–Trinajstić information content (AvgIpc) is 2.06. The number of ether oxygens (including phenoxy) is 1. The lowest BCUT2D eigenvalue weighted by Crippen LogP contribution is -2.12. The van der Waals surface area contributed by atoms with Crippen molar-refractivity contribution in [2.45, 2.75) is 17.5 Å². The lowest BCUT2D eigenvalue weighted by molar-refractivity contribution is -0.139. The highest BCUT2D eigenvalue weighted by Gasteiger charge is 2.26. The van der Waals surface area contributed by atoms with Crippen molar-refractivity contribution in [3.05, 3.63) is 24.3 Å². The molecule has 0 radical (unpaired) electrons. The minimum absolute atomic E-state index is 0.352. The van der Waals surface area contributed by atoms with Gasteiger partial charge in [-0.15, -0.1) is 12.6 Å². The third-order valence-corrected chi connectivity index (χ3v) is 1.79. The van der Waals surface area contributed by atoms with Crippen LogP contribution in [0.2, 0.25) is 0 Å². The molecule has 1 aromatic rings. The zero-order chi connectivity index (χ0) is 10.6. The number of hydrogen-bond acceptors (Lipinski definition) is 2. The van der Waals surface area contributed by atoms with Crippen LogP contribution in [0.4, 0.5) is 13.2 Å². The molecule has 1 rings (SSSR count). The van der Waals surface area contributed by atoms with Gasteiger partial charge in [0.1, 0.15) is 5.75 Å². The lowest BCUT2D eigenvalue weighted by atomic mass is 10.3. The van der Waals surface area contributed by atoms with Crippen LogP contribution >= 0.6 is 12.6 Å². The summed E-state index contributed by atoms with van der Waals surface area (Å²) in [6, 6.07) is 6.48. The highest BCUT2D eigenvalue weighted by molar-refractivity contribution is 7.80. The molecule has 0 heterocycles. The van der Waals surface area contributed by atoms with Crippen molar-refractivity contribution in [1.82, 2.24) is 0 Å². The van der Waals surface area contributed by atoms with Crippen LogP contribution in [0.3, 0.4) is 0 Å². The lowest BCUT2D eigenvalue weighted by Gasteiger charge is -2.08. The largest absolute Gasteiger partial charge is 0.493 e. The van der Waals surface area contributed by atoms with Gasteiger partial charge in [-0.1, -0.05) is 0 Å². The maximum atomic E-state index is 11.7. The van der Waals surface area contributed by atoms with E-state index in [4.69, 9.17) is 4.74 Å². The van der Waals surface area contributed by atoms with Gasteiger partial charge >= 0.3 is 6.18 Å². The van der Waals surface area contributed by atoms with Gasteiger partial charge in [-0.25, -0.2) is 0 Å². The smallest absolute Gasteiger partial charge is 0.392 e. The van der Waals surface area contributed by atoms with Gasteiger partial charge in [-0.05, 0) is 24.3 Å². The van der Waals surface area contributed by atoms with Crippen molar-refractivity contribution < 1.29 is 17.9 Å². The summed E-state index contributed by atoms with van der Waals surface area (Å²) in [4.78, 5) is 0.744. The number of benzene rings is 1. The topological polar surface area (TPSA) is 9.23 Å². The minimum Gasteiger partial charge on any atom is -0.493 e. The summed E-state index contributed by atoms with van der Waals surface area (Å²) in [6.07, 6.45) is -5.10. The molecule has 78 valence electrons. The van der Waals surface area contributed by atoms with Crippen molar-refractivity contribution >= 4 is 12.6 Å². The Balaban J connectivity index is 2.35.